The third-order valence-corrected chi connectivity index (χ3v) is 4.77. The molecule has 1 aliphatic rings. The molecule has 1 aliphatic heterocycles. The van der Waals surface area contributed by atoms with Crippen molar-refractivity contribution >= 4 is 18.2 Å². The molecule has 8 nitrogen and oxygen atoms in total. The van der Waals surface area contributed by atoms with Gasteiger partial charge in [-0.05, 0) is 18.3 Å². The van der Waals surface area contributed by atoms with E-state index in [0.717, 1.165) is 0 Å². The van der Waals surface area contributed by atoms with Crippen LogP contribution in [0.3, 0.4) is 0 Å². The maximum atomic E-state index is 12.6. The lowest BCUT2D eigenvalue weighted by Crippen LogP contribution is -2.27. The second-order valence-corrected chi connectivity index (χ2v) is 5.86. The van der Waals surface area contributed by atoms with Crippen molar-refractivity contribution in [2.24, 2.45) is 14.1 Å². The molecular formula is C16H16N2O6S. The number of esters is 1. The topological polar surface area (TPSA) is 91.9 Å². The Hall–Kier alpha value is -2.81. The fourth-order valence-corrected chi connectivity index (χ4v) is 3.07. The molecule has 0 saturated carbocycles. The summed E-state index contributed by atoms with van der Waals surface area (Å²) < 4.78 is 18.5. The van der Waals surface area contributed by atoms with Crippen LogP contribution in [0.5, 0.6) is 17.4 Å². The molecule has 2 heterocycles. The number of rotatable bonds is 3. The van der Waals surface area contributed by atoms with Crippen molar-refractivity contribution in [3.05, 3.63) is 43.9 Å². The van der Waals surface area contributed by atoms with Crippen molar-refractivity contribution in [1.82, 2.24) is 9.13 Å². The third kappa shape index (κ3) is 2.30. The molecule has 0 unspecified atom stereocenters. The van der Waals surface area contributed by atoms with E-state index in [2.05, 4.69) is 0 Å². The molecule has 0 aliphatic carbocycles. The van der Waals surface area contributed by atoms with Gasteiger partial charge in [0.1, 0.15) is 11.1 Å². The first kappa shape index (κ1) is 17.0. The van der Waals surface area contributed by atoms with Crippen LogP contribution in [-0.2, 0) is 18.8 Å². The van der Waals surface area contributed by atoms with Crippen molar-refractivity contribution in [3.63, 3.8) is 0 Å². The Morgan fingerprint density at radius 1 is 1.16 bits per heavy atom. The minimum absolute atomic E-state index is 0.0714. The van der Waals surface area contributed by atoms with Crippen LogP contribution >= 0.6 is 12.2 Å². The molecule has 3 rings (SSSR count). The Balaban J connectivity index is 2.31. The number of fused-ring (bicyclic) bond motifs is 1. The van der Waals surface area contributed by atoms with Crippen molar-refractivity contribution in [2.45, 2.75) is 6.10 Å². The number of ether oxygens (including phenoxy) is 3. The molecule has 25 heavy (non-hydrogen) atoms. The highest BCUT2D eigenvalue weighted by atomic mass is 32.1. The molecule has 0 bridgehead atoms. The summed E-state index contributed by atoms with van der Waals surface area (Å²) in [5.41, 5.74) is -0.0375. The largest absolute Gasteiger partial charge is 0.494 e. The third-order valence-electron chi connectivity index (χ3n) is 4.22. The van der Waals surface area contributed by atoms with E-state index in [-0.39, 0.29) is 27.5 Å². The molecule has 2 aromatic rings. The van der Waals surface area contributed by atoms with Crippen LogP contribution in [-0.4, -0.2) is 34.4 Å². The average molecular weight is 364 g/mol. The zero-order valence-electron chi connectivity index (χ0n) is 14.0. The number of hydrogen-bond donors (Lipinski definition) is 1. The quantitative estimate of drug-likeness (QED) is 0.651. The maximum absolute atomic E-state index is 12.6. The molecule has 1 aromatic heterocycles. The van der Waals surface area contributed by atoms with Crippen molar-refractivity contribution in [3.8, 4) is 17.4 Å². The molecule has 0 radical (unpaired) electrons. The van der Waals surface area contributed by atoms with Crippen LogP contribution in [0, 0.1) is 4.77 Å². The standard InChI is InChI=1S/C16H16N2O6S/c1-17-13(19)10(14(20)18(2)16(17)25)11-7-5-6-8(22-3)12(23-4)9(7)15(21)24-11/h5-6,11,19H,1-4H3/t11-/m1/s1. The van der Waals surface area contributed by atoms with Gasteiger partial charge in [0, 0.05) is 19.7 Å². The summed E-state index contributed by atoms with van der Waals surface area (Å²) >= 11 is 5.10. The van der Waals surface area contributed by atoms with E-state index in [1.54, 1.807) is 12.1 Å². The van der Waals surface area contributed by atoms with E-state index < -0.39 is 17.6 Å². The number of aromatic nitrogens is 2. The molecule has 132 valence electrons. The van der Waals surface area contributed by atoms with Gasteiger partial charge in [0.2, 0.25) is 5.88 Å². The zero-order chi connectivity index (χ0) is 18.5. The van der Waals surface area contributed by atoms with E-state index in [1.165, 1.54) is 37.4 Å². The number of cyclic esters (lactones) is 1. The Bertz CT molecular complexity index is 1010. The fraction of sp³-hybridized carbons (Fsp3) is 0.312. The highest BCUT2D eigenvalue weighted by Gasteiger charge is 2.40. The maximum Gasteiger partial charge on any atom is 0.343 e. The zero-order valence-corrected chi connectivity index (χ0v) is 14.8. The van der Waals surface area contributed by atoms with Crippen LogP contribution < -0.4 is 15.0 Å². The van der Waals surface area contributed by atoms with E-state index in [0.29, 0.717) is 11.3 Å². The number of methoxy groups -OCH3 is 2. The molecule has 1 atom stereocenters. The monoisotopic (exact) mass is 364 g/mol. The summed E-state index contributed by atoms with van der Waals surface area (Å²) in [6.45, 7) is 0. The molecule has 1 N–H and O–H groups in total. The summed E-state index contributed by atoms with van der Waals surface area (Å²) in [4.78, 5) is 25.0. The lowest BCUT2D eigenvalue weighted by Gasteiger charge is -2.16. The van der Waals surface area contributed by atoms with E-state index in [1.807, 2.05) is 0 Å². The predicted octanol–water partition coefficient (Wildman–Crippen LogP) is 1.44. The number of carbonyl (C=O) groups excluding carboxylic acids is 1. The van der Waals surface area contributed by atoms with Gasteiger partial charge in [-0.25, -0.2) is 4.79 Å². The minimum atomic E-state index is -1.07. The number of aromatic hydroxyl groups is 1. The highest BCUT2D eigenvalue weighted by molar-refractivity contribution is 7.71. The van der Waals surface area contributed by atoms with Crippen LogP contribution in [0.2, 0.25) is 0 Å². The Morgan fingerprint density at radius 2 is 1.84 bits per heavy atom. The lowest BCUT2D eigenvalue weighted by molar-refractivity contribution is 0.0446. The van der Waals surface area contributed by atoms with Gasteiger partial charge < -0.3 is 19.3 Å². The number of hydrogen-bond acceptors (Lipinski definition) is 7. The molecule has 1 aromatic carbocycles. The summed E-state index contributed by atoms with van der Waals surface area (Å²) in [5.74, 6) is -0.439. The first-order valence-electron chi connectivity index (χ1n) is 7.28. The number of nitrogens with zero attached hydrogens (tertiary/aromatic N) is 2. The van der Waals surface area contributed by atoms with E-state index in [4.69, 9.17) is 26.4 Å². The summed E-state index contributed by atoms with van der Waals surface area (Å²) in [7, 11) is 5.86. The second-order valence-electron chi connectivity index (χ2n) is 5.49. The van der Waals surface area contributed by atoms with Crippen LogP contribution in [0.15, 0.2) is 16.9 Å². The van der Waals surface area contributed by atoms with Gasteiger partial charge in [0.15, 0.2) is 22.4 Å². The highest BCUT2D eigenvalue weighted by Crippen LogP contribution is 2.44. The van der Waals surface area contributed by atoms with Gasteiger partial charge in [0.05, 0.1) is 14.2 Å². The Labute approximate surface area is 147 Å². The number of carbonyl (C=O) groups is 1. The normalized spacial score (nSPS) is 15.7. The van der Waals surface area contributed by atoms with Crippen LogP contribution in [0.4, 0.5) is 0 Å². The van der Waals surface area contributed by atoms with Gasteiger partial charge in [-0.3, -0.25) is 13.9 Å². The van der Waals surface area contributed by atoms with Gasteiger partial charge in [-0.1, -0.05) is 6.07 Å². The predicted molar refractivity (Wildman–Crippen MR) is 90.0 cm³/mol. The Morgan fingerprint density at radius 3 is 2.44 bits per heavy atom. The molecule has 0 saturated heterocycles. The van der Waals surface area contributed by atoms with Gasteiger partial charge in [0.25, 0.3) is 5.56 Å². The second kappa shape index (κ2) is 5.92. The molecule has 0 fully saturated rings. The lowest BCUT2D eigenvalue weighted by atomic mass is 9.99. The molecule has 0 amide bonds. The number of benzene rings is 1. The van der Waals surface area contributed by atoms with Crippen molar-refractivity contribution in [1.29, 1.82) is 0 Å². The summed E-state index contributed by atoms with van der Waals surface area (Å²) in [5, 5.41) is 10.4. The summed E-state index contributed by atoms with van der Waals surface area (Å²) in [6.07, 6.45) is -1.07. The van der Waals surface area contributed by atoms with Crippen molar-refractivity contribution in [2.75, 3.05) is 14.2 Å². The molecule has 0 spiro atoms. The smallest absolute Gasteiger partial charge is 0.343 e. The van der Waals surface area contributed by atoms with Gasteiger partial charge in [-0.2, -0.15) is 0 Å². The van der Waals surface area contributed by atoms with E-state index >= 15 is 0 Å². The van der Waals surface area contributed by atoms with E-state index in [9.17, 15) is 14.7 Å². The van der Waals surface area contributed by atoms with Gasteiger partial charge >= 0.3 is 5.97 Å². The SMILES string of the molecule is COc1ccc2c(c1OC)C(=O)O[C@H]2c1c(O)n(C)c(=S)n(C)c1=O. The van der Waals surface area contributed by atoms with Crippen LogP contribution in [0.1, 0.15) is 27.6 Å². The Kier molecular flexibility index (Phi) is 4.03. The fourth-order valence-electron chi connectivity index (χ4n) is 2.90. The first-order chi connectivity index (χ1) is 11.8. The minimum Gasteiger partial charge on any atom is -0.494 e. The molecule has 9 heteroatoms. The summed E-state index contributed by atoms with van der Waals surface area (Å²) in [6, 6.07) is 3.21. The molecular weight excluding hydrogens is 348 g/mol. The van der Waals surface area contributed by atoms with Gasteiger partial charge in [-0.15, -0.1) is 0 Å². The first-order valence-corrected chi connectivity index (χ1v) is 7.69. The van der Waals surface area contributed by atoms with Crippen LogP contribution in [0.25, 0.3) is 0 Å². The average Bonchev–Trinajstić information content (AvgIpc) is 2.94. The van der Waals surface area contributed by atoms with Crippen molar-refractivity contribution < 1.29 is 24.1 Å².